The van der Waals surface area contributed by atoms with Crippen molar-refractivity contribution < 1.29 is 42.3 Å². The summed E-state index contributed by atoms with van der Waals surface area (Å²) in [5.41, 5.74) is -2.08. The van der Waals surface area contributed by atoms with Gasteiger partial charge in [-0.25, -0.2) is 4.79 Å². The number of hydrogen-bond acceptors (Lipinski definition) is 7. The van der Waals surface area contributed by atoms with Gasteiger partial charge >= 0.3 is 12.1 Å². The Morgan fingerprint density at radius 3 is 2.33 bits per heavy atom. The zero-order valence-corrected chi connectivity index (χ0v) is 28.5. The van der Waals surface area contributed by atoms with Crippen LogP contribution in [0.4, 0.5) is 13.2 Å². The molecule has 0 bridgehead atoms. The molecule has 1 aromatic carbocycles. The van der Waals surface area contributed by atoms with Crippen LogP contribution in [0.25, 0.3) is 10.9 Å². The molecule has 2 heterocycles. The lowest BCUT2D eigenvalue weighted by Gasteiger charge is -2.34. The summed E-state index contributed by atoms with van der Waals surface area (Å²) in [6.07, 6.45) is 1.94. The number of rotatable bonds is 11. The van der Waals surface area contributed by atoms with Crippen molar-refractivity contribution in [3.8, 4) is 0 Å². The highest BCUT2D eigenvalue weighted by Crippen LogP contribution is 2.40. The van der Waals surface area contributed by atoms with Gasteiger partial charge in [0.05, 0.1) is 11.1 Å². The number of carbonyl (C=O) groups is 5. The van der Waals surface area contributed by atoms with Crippen LogP contribution in [0.15, 0.2) is 35.4 Å². The normalized spacial score (nSPS) is 22.0. The Kier molecular flexibility index (Phi) is 10.8. The van der Waals surface area contributed by atoms with Gasteiger partial charge in [-0.3, -0.25) is 24.2 Å². The highest BCUT2D eigenvalue weighted by Gasteiger charge is 2.54. The third-order valence-corrected chi connectivity index (χ3v) is 11.0. The minimum Gasteiger partial charge on any atom is -0.480 e. The van der Waals surface area contributed by atoms with E-state index in [4.69, 9.17) is 0 Å². The molecule has 1 aliphatic heterocycles. The van der Waals surface area contributed by atoms with Crippen LogP contribution in [0.5, 0.6) is 0 Å². The van der Waals surface area contributed by atoms with E-state index in [1.54, 1.807) is 19.9 Å². The fourth-order valence-electron chi connectivity index (χ4n) is 6.81. The average Bonchev–Trinajstić information content (AvgIpc) is 3.71. The molecule has 49 heavy (non-hydrogen) atoms. The van der Waals surface area contributed by atoms with E-state index in [0.717, 1.165) is 44.2 Å². The van der Waals surface area contributed by atoms with Crippen LogP contribution in [-0.4, -0.2) is 80.0 Å². The third kappa shape index (κ3) is 8.30. The van der Waals surface area contributed by atoms with Gasteiger partial charge in [-0.05, 0) is 62.1 Å². The van der Waals surface area contributed by atoms with Crippen molar-refractivity contribution in [2.75, 3.05) is 6.54 Å². The van der Waals surface area contributed by atoms with Gasteiger partial charge in [-0.2, -0.15) is 13.2 Å². The Labute approximate surface area is 286 Å². The number of carboxylic acids is 1. The summed E-state index contributed by atoms with van der Waals surface area (Å²) in [6.45, 7) is 4.92. The topological polar surface area (TPSA) is 158 Å². The lowest BCUT2D eigenvalue weighted by Crippen LogP contribution is -2.60. The molecule has 266 valence electrons. The highest BCUT2D eigenvalue weighted by molar-refractivity contribution is 8.00. The van der Waals surface area contributed by atoms with Crippen LogP contribution in [0.3, 0.4) is 0 Å². The SMILES string of the molecule is CC(=O)N[C@H](C(=O)N[C@H](C(=O)N1C[C@H](Sc2ccnc3cc(C(F)(F)F)ccc23)C[C@H]1C(=O)NC1(C(=O)O)CC1)C(C)C)C1CCCCC1. The van der Waals surface area contributed by atoms with Gasteiger partial charge < -0.3 is 26.0 Å². The molecule has 5 rings (SSSR count). The van der Waals surface area contributed by atoms with Gasteiger partial charge in [0.1, 0.15) is 23.7 Å². The fraction of sp³-hybridized carbons (Fsp3) is 0.588. The first-order valence-corrected chi connectivity index (χ1v) is 17.5. The maximum atomic E-state index is 14.3. The van der Waals surface area contributed by atoms with Crippen molar-refractivity contribution in [3.05, 3.63) is 36.0 Å². The number of amides is 4. The molecule has 0 radical (unpaired) electrons. The smallest absolute Gasteiger partial charge is 0.416 e. The molecule has 2 aromatic rings. The molecule has 4 N–H and O–H groups in total. The van der Waals surface area contributed by atoms with Crippen LogP contribution in [0.1, 0.15) is 77.7 Å². The fourth-order valence-corrected chi connectivity index (χ4v) is 8.12. The molecule has 4 amide bonds. The van der Waals surface area contributed by atoms with Crippen molar-refractivity contribution in [1.82, 2.24) is 25.8 Å². The summed E-state index contributed by atoms with van der Waals surface area (Å²) in [4.78, 5) is 71.8. The molecule has 4 atom stereocenters. The van der Waals surface area contributed by atoms with Gasteiger partial charge in [0.15, 0.2) is 0 Å². The summed E-state index contributed by atoms with van der Waals surface area (Å²) in [5.74, 6) is -3.64. The Hall–Kier alpha value is -3.88. The number of carboxylic acid groups (broad SMARTS) is 1. The predicted octanol–water partition coefficient (Wildman–Crippen LogP) is 4.27. The molecule has 1 saturated heterocycles. The predicted molar refractivity (Wildman–Crippen MR) is 175 cm³/mol. The van der Waals surface area contributed by atoms with Crippen LogP contribution in [-0.2, 0) is 30.1 Å². The summed E-state index contributed by atoms with van der Waals surface area (Å²) >= 11 is 1.29. The van der Waals surface area contributed by atoms with E-state index in [9.17, 15) is 42.3 Å². The molecule has 2 saturated carbocycles. The quantitative estimate of drug-likeness (QED) is 0.270. The minimum atomic E-state index is -4.54. The summed E-state index contributed by atoms with van der Waals surface area (Å²) in [6, 6.07) is 2.02. The van der Waals surface area contributed by atoms with E-state index in [2.05, 4.69) is 20.9 Å². The van der Waals surface area contributed by atoms with Crippen LogP contribution in [0.2, 0.25) is 0 Å². The molecule has 0 spiro atoms. The van der Waals surface area contributed by atoms with Gasteiger partial charge in [-0.15, -0.1) is 11.8 Å². The number of thioether (sulfide) groups is 1. The minimum absolute atomic E-state index is 0.0585. The summed E-state index contributed by atoms with van der Waals surface area (Å²) in [7, 11) is 0. The molecule has 15 heteroatoms. The molecule has 11 nitrogen and oxygen atoms in total. The van der Waals surface area contributed by atoms with Gasteiger partial charge in [0, 0.05) is 35.2 Å². The maximum Gasteiger partial charge on any atom is 0.416 e. The molecule has 2 aliphatic carbocycles. The van der Waals surface area contributed by atoms with Crippen molar-refractivity contribution >= 4 is 52.3 Å². The van der Waals surface area contributed by atoms with E-state index in [0.29, 0.717) is 10.3 Å². The number of carbonyl (C=O) groups excluding carboxylic acids is 4. The number of nitrogens with one attached hydrogen (secondary N) is 3. The van der Waals surface area contributed by atoms with Crippen molar-refractivity contribution in [3.63, 3.8) is 0 Å². The van der Waals surface area contributed by atoms with E-state index in [1.807, 2.05) is 0 Å². The first-order chi connectivity index (χ1) is 23.1. The van der Waals surface area contributed by atoms with Gasteiger partial charge in [-0.1, -0.05) is 39.2 Å². The number of nitrogens with zero attached hydrogens (tertiary/aromatic N) is 2. The number of aromatic nitrogens is 1. The average molecular weight is 706 g/mol. The van der Waals surface area contributed by atoms with Crippen LogP contribution in [0, 0.1) is 11.8 Å². The molecule has 1 aromatic heterocycles. The Morgan fingerprint density at radius 2 is 1.73 bits per heavy atom. The Bertz CT molecular complexity index is 1610. The number of benzene rings is 1. The standard InChI is InChI=1S/C34H42F3N5O6S/c1-18(2)27(40-30(45)28(39-19(3)43)20-7-5-4-6-8-20)31(46)42-17-22(16-25(42)29(44)41-33(12-13-33)32(47)48)49-26-11-14-38-24-15-21(34(35,36)37)9-10-23(24)26/h9-11,14-15,18,20,22,25,27-28H,4-8,12-13,16-17H2,1-3H3,(H,39,43)(H,40,45)(H,41,44)(H,47,48)/t22-,25+,27+,28+/m1/s1. The van der Waals surface area contributed by atoms with Crippen molar-refractivity contribution in [1.29, 1.82) is 0 Å². The van der Waals surface area contributed by atoms with E-state index < -0.39 is 70.3 Å². The number of aliphatic carboxylic acids is 1. The summed E-state index contributed by atoms with van der Waals surface area (Å²) < 4.78 is 40.1. The monoisotopic (exact) mass is 705 g/mol. The van der Waals surface area contributed by atoms with Crippen molar-refractivity contribution in [2.45, 2.75) is 112 Å². The Balaban J connectivity index is 1.40. The number of pyridine rings is 1. The second-order valence-electron chi connectivity index (χ2n) is 13.7. The maximum absolute atomic E-state index is 14.3. The molecule has 0 unspecified atom stereocenters. The van der Waals surface area contributed by atoms with Gasteiger partial charge in [0.2, 0.25) is 23.6 Å². The second kappa shape index (κ2) is 14.5. The Morgan fingerprint density at radius 1 is 1.04 bits per heavy atom. The number of alkyl halides is 3. The van der Waals surface area contributed by atoms with Crippen LogP contribution < -0.4 is 16.0 Å². The number of likely N-dealkylation sites (tertiary alicyclic amines) is 1. The zero-order valence-electron chi connectivity index (χ0n) is 27.6. The first-order valence-electron chi connectivity index (χ1n) is 16.7. The summed E-state index contributed by atoms with van der Waals surface area (Å²) in [5, 5.41) is 18.1. The van der Waals surface area contributed by atoms with E-state index >= 15 is 0 Å². The molecular formula is C34H42F3N5O6S. The molecular weight excluding hydrogens is 663 g/mol. The largest absolute Gasteiger partial charge is 0.480 e. The first kappa shape index (κ1) is 36.4. The number of fused-ring (bicyclic) bond motifs is 1. The zero-order chi connectivity index (χ0) is 35.7. The van der Waals surface area contributed by atoms with E-state index in [-0.39, 0.29) is 43.1 Å². The van der Waals surface area contributed by atoms with Crippen molar-refractivity contribution in [2.24, 2.45) is 11.8 Å². The molecule has 3 aliphatic rings. The van der Waals surface area contributed by atoms with Crippen LogP contribution >= 0.6 is 11.8 Å². The number of hydrogen-bond donors (Lipinski definition) is 4. The third-order valence-electron chi connectivity index (χ3n) is 9.69. The second-order valence-corrected chi connectivity index (χ2v) is 15.0. The van der Waals surface area contributed by atoms with E-state index in [1.165, 1.54) is 35.8 Å². The lowest BCUT2D eigenvalue weighted by atomic mass is 9.83. The number of halogens is 3. The highest BCUT2D eigenvalue weighted by atomic mass is 32.2. The molecule has 3 fully saturated rings. The van der Waals surface area contributed by atoms with Gasteiger partial charge in [0.25, 0.3) is 0 Å². The lowest BCUT2D eigenvalue weighted by molar-refractivity contribution is -0.146.